The number of nitrogens with zero attached hydrogens (tertiary/aromatic N) is 3. The molecule has 0 atom stereocenters. The van der Waals surface area contributed by atoms with Gasteiger partial charge in [0.05, 0.1) is 12.8 Å². The Morgan fingerprint density at radius 1 is 1.19 bits per heavy atom. The Kier molecular flexibility index (Phi) is 6.95. The molecule has 1 N–H and O–H groups in total. The van der Waals surface area contributed by atoms with Crippen molar-refractivity contribution in [3.05, 3.63) is 63.3 Å². The van der Waals surface area contributed by atoms with E-state index in [1.807, 2.05) is 48.5 Å². The molecule has 3 aromatic rings. The fourth-order valence-electron chi connectivity index (χ4n) is 2.53. The molecule has 1 aromatic heterocycles. The average Bonchev–Trinajstić information content (AvgIpc) is 3.05. The fourth-order valence-corrected chi connectivity index (χ4v) is 3.17. The van der Waals surface area contributed by atoms with E-state index in [0.717, 1.165) is 34.4 Å². The first-order valence-electron chi connectivity index (χ1n) is 8.88. The number of H-pyrrole nitrogens is 1. The van der Waals surface area contributed by atoms with Crippen LogP contribution in [0.5, 0.6) is 5.75 Å². The molecule has 0 radical (unpaired) electrons. The number of rotatable bonds is 8. The molecule has 3 rings (SSSR count). The van der Waals surface area contributed by atoms with Gasteiger partial charge in [0.15, 0.2) is 5.82 Å². The van der Waals surface area contributed by atoms with Gasteiger partial charge < -0.3 is 4.74 Å². The predicted octanol–water partition coefficient (Wildman–Crippen LogP) is 5.82. The molecule has 0 aliphatic rings. The third-order valence-electron chi connectivity index (χ3n) is 3.98. The molecule has 0 aliphatic carbocycles. The lowest BCUT2D eigenvalue weighted by Crippen LogP contribution is -1.97. The fraction of sp³-hybridized carbons (Fsp3) is 0.250. The molecule has 140 valence electrons. The van der Waals surface area contributed by atoms with Crippen molar-refractivity contribution in [1.82, 2.24) is 14.9 Å². The Balaban J connectivity index is 1.74. The van der Waals surface area contributed by atoms with Crippen molar-refractivity contribution in [3.8, 4) is 17.1 Å². The summed E-state index contributed by atoms with van der Waals surface area (Å²) in [6.07, 6.45) is 5.22. The first-order valence-corrected chi connectivity index (χ1v) is 10.1. The molecule has 0 unspecified atom stereocenters. The zero-order valence-electron chi connectivity index (χ0n) is 15.1. The normalized spacial score (nSPS) is 11.2. The number of halogens is 1. The van der Waals surface area contributed by atoms with Crippen molar-refractivity contribution in [2.45, 2.75) is 26.2 Å². The number of nitrogens with one attached hydrogen (secondary N) is 1. The highest BCUT2D eigenvalue weighted by atomic mass is 79.9. The van der Waals surface area contributed by atoms with Crippen LogP contribution in [0.2, 0.25) is 0 Å². The second-order valence-corrected chi connectivity index (χ2v) is 7.25. The zero-order chi connectivity index (χ0) is 19.1. The number of unbranched alkanes of at least 4 members (excludes halogenated alkanes) is 2. The Labute approximate surface area is 172 Å². The smallest absolute Gasteiger partial charge is 0.216 e. The van der Waals surface area contributed by atoms with Crippen molar-refractivity contribution < 1.29 is 4.74 Å². The first kappa shape index (κ1) is 19.5. The molecule has 0 saturated carbocycles. The zero-order valence-corrected chi connectivity index (χ0v) is 17.5. The Morgan fingerprint density at radius 3 is 2.70 bits per heavy atom. The van der Waals surface area contributed by atoms with E-state index in [9.17, 15) is 0 Å². The van der Waals surface area contributed by atoms with Gasteiger partial charge in [-0.3, -0.25) is 0 Å². The van der Waals surface area contributed by atoms with Crippen LogP contribution < -0.4 is 4.74 Å². The number of hydrogen-bond acceptors (Lipinski definition) is 4. The topological polar surface area (TPSA) is 55.2 Å². The molecule has 0 bridgehead atoms. The number of benzene rings is 2. The summed E-state index contributed by atoms with van der Waals surface area (Å²) in [5, 5.41) is 11.6. The minimum Gasteiger partial charge on any atom is -0.494 e. The molecular weight excluding hydrogens is 424 g/mol. The Bertz CT molecular complexity index is 963. The van der Waals surface area contributed by atoms with Gasteiger partial charge in [-0.15, -0.1) is 0 Å². The first-order chi connectivity index (χ1) is 13.2. The summed E-state index contributed by atoms with van der Waals surface area (Å²) in [5.74, 6) is 1.52. The molecular formula is C20H21BrN4OS. The van der Waals surface area contributed by atoms with E-state index in [2.05, 4.69) is 38.2 Å². The van der Waals surface area contributed by atoms with Crippen molar-refractivity contribution in [1.29, 1.82) is 0 Å². The van der Waals surface area contributed by atoms with Gasteiger partial charge >= 0.3 is 0 Å². The molecule has 0 saturated heterocycles. The van der Waals surface area contributed by atoms with E-state index >= 15 is 0 Å². The van der Waals surface area contributed by atoms with Crippen LogP contribution in [0.3, 0.4) is 0 Å². The van der Waals surface area contributed by atoms with Crippen LogP contribution in [0.15, 0.2) is 58.1 Å². The van der Waals surface area contributed by atoms with Gasteiger partial charge in [0.25, 0.3) is 0 Å². The summed E-state index contributed by atoms with van der Waals surface area (Å²) in [7, 11) is 0. The maximum atomic E-state index is 5.74. The van der Waals surface area contributed by atoms with E-state index in [1.165, 1.54) is 12.8 Å². The Hall–Kier alpha value is -2.25. The number of aromatic amines is 1. The standard InChI is InChI=1S/C20H21BrN4OS/c1-2-3-6-13-26-16-11-9-15(10-12-16)14-22-25-19(23-24-20(25)27)17-7-4-5-8-18(17)21/h4-5,7-12,14H,2-3,6,13H2,1H3,(H,24,27)/b22-14-. The molecule has 0 spiro atoms. The second kappa shape index (κ2) is 9.62. The molecule has 5 nitrogen and oxygen atoms in total. The van der Waals surface area contributed by atoms with Crippen LogP contribution >= 0.6 is 28.1 Å². The van der Waals surface area contributed by atoms with E-state index in [-0.39, 0.29) is 0 Å². The lowest BCUT2D eigenvalue weighted by Gasteiger charge is -2.06. The van der Waals surface area contributed by atoms with Gasteiger partial charge in [-0.2, -0.15) is 14.9 Å². The van der Waals surface area contributed by atoms with Crippen molar-refractivity contribution in [2.75, 3.05) is 6.61 Å². The number of ether oxygens (including phenoxy) is 1. The highest BCUT2D eigenvalue weighted by Gasteiger charge is 2.10. The van der Waals surface area contributed by atoms with E-state index in [4.69, 9.17) is 17.0 Å². The third-order valence-corrected chi connectivity index (χ3v) is 4.94. The summed E-state index contributed by atoms with van der Waals surface area (Å²) in [5.41, 5.74) is 1.87. The van der Waals surface area contributed by atoms with Crippen LogP contribution in [-0.4, -0.2) is 27.7 Å². The maximum Gasteiger partial charge on any atom is 0.216 e. The lowest BCUT2D eigenvalue weighted by molar-refractivity contribution is 0.306. The van der Waals surface area contributed by atoms with Crippen LogP contribution in [0.25, 0.3) is 11.4 Å². The third kappa shape index (κ3) is 5.14. The van der Waals surface area contributed by atoms with Crippen molar-refractivity contribution in [2.24, 2.45) is 5.10 Å². The van der Waals surface area contributed by atoms with E-state index in [0.29, 0.717) is 10.6 Å². The maximum absolute atomic E-state index is 5.74. The summed E-state index contributed by atoms with van der Waals surface area (Å²) in [6.45, 7) is 2.93. The van der Waals surface area contributed by atoms with Crippen LogP contribution in [-0.2, 0) is 0 Å². The highest BCUT2D eigenvalue weighted by molar-refractivity contribution is 9.10. The van der Waals surface area contributed by atoms with Gasteiger partial charge in [-0.25, -0.2) is 5.10 Å². The molecule has 27 heavy (non-hydrogen) atoms. The monoisotopic (exact) mass is 444 g/mol. The highest BCUT2D eigenvalue weighted by Crippen LogP contribution is 2.26. The largest absolute Gasteiger partial charge is 0.494 e. The SMILES string of the molecule is CCCCCOc1ccc(/C=N\n2c(-c3ccccc3Br)n[nH]c2=S)cc1. The molecule has 0 aliphatic heterocycles. The number of aromatic nitrogens is 3. The van der Waals surface area contributed by atoms with E-state index < -0.39 is 0 Å². The summed E-state index contributed by atoms with van der Waals surface area (Å²) < 4.78 is 8.72. The summed E-state index contributed by atoms with van der Waals surface area (Å²) in [6, 6.07) is 15.7. The quantitative estimate of drug-likeness (QED) is 0.270. The summed E-state index contributed by atoms with van der Waals surface area (Å²) >= 11 is 8.86. The van der Waals surface area contributed by atoms with Gasteiger partial charge in [-0.05, 0) is 60.6 Å². The second-order valence-electron chi connectivity index (χ2n) is 6.01. The van der Waals surface area contributed by atoms with Gasteiger partial charge in [0.2, 0.25) is 4.77 Å². The molecule has 0 fully saturated rings. The minimum absolute atomic E-state index is 0.438. The van der Waals surface area contributed by atoms with Crippen LogP contribution in [0, 0.1) is 4.77 Å². The van der Waals surface area contributed by atoms with Crippen LogP contribution in [0.4, 0.5) is 0 Å². The molecule has 7 heteroatoms. The van der Waals surface area contributed by atoms with Crippen LogP contribution in [0.1, 0.15) is 31.7 Å². The van der Waals surface area contributed by atoms with Gasteiger partial charge in [-0.1, -0.05) is 47.8 Å². The van der Waals surface area contributed by atoms with Gasteiger partial charge in [0.1, 0.15) is 5.75 Å². The molecule has 2 aromatic carbocycles. The predicted molar refractivity (Wildman–Crippen MR) is 115 cm³/mol. The summed E-state index contributed by atoms with van der Waals surface area (Å²) in [4.78, 5) is 0. The average molecular weight is 445 g/mol. The minimum atomic E-state index is 0.438. The van der Waals surface area contributed by atoms with Gasteiger partial charge in [0, 0.05) is 10.0 Å². The molecule has 1 heterocycles. The van der Waals surface area contributed by atoms with Crippen molar-refractivity contribution >= 4 is 34.4 Å². The Morgan fingerprint density at radius 2 is 1.96 bits per heavy atom. The van der Waals surface area contributed by atoms with E-state index in [1.54, 1.807) is 10.9 Å². The molecule has 0 amide bonds. The lowest BCUT2D eigenvalue weighted by atomic mass is 10.2. The number of hydrogen-bond donors (Lipinski definition) is 1. The van der Waals surface area contributed by atoms with Crippen molar-refractivity contribution in [3.63, 3.8) is 0 Å².